The topological polar surface area (TPSA) is 43.3 Å². The Kier molecular flexibility index (Phi) is 3.97. The van der Waals surface area contributed by atoms with Crippen LogP contribution >= 0.6 is 0 Å². The molecule has 1 aliphatic rings. The van der Waals surface area contributed by atoms with Crippen molar-refractivity contribution in [3.63, 3.8) is 0 Å². The van der Waals surface area contributed by atoms with E-state index in [0.717, 1.165) is 41.7 Å². The summed E-state index contributed by atoms with van der Waals surface area (Å²) in [5.74, 6) is 0. The number of pyridine rings is 1. The molecule has 4 heteroatoms. The lowest BCUT2D eigenvalue weighted by Gasteiger charge is -2.12. The second kappa shape index (κ2) is 5.90. The van der Waals surface area contributed by atoms with Crippen molar-refractivity contribution >= 4 is 16.6 Å². The molecule has 2 heterocycles. The number of aromatic nitrogens is 1. The summed E-state index contributed by atoms with van der Waals surface area (Å²) in [4.78, 5) is 11.9. The van der Waals surface area contributed by atoms with Crippen molar-refractivity contribution in [2.75, 3.05) is 18.5 Å². The summed E-state index contributed by atoms with van der Waals surface area (Å²) in [6, 6.07) is 8.11. The first kappa shape index (κ1) is 14.1. The van der Waals surface area contributed by atoms with Gasteiger partial charge < -0.3 is 14.6 Å². The fourth-order valence-corrected chi connectivity index (χ4v) is 3.00. The predicted octanol–water partition coefficient (Wildman–Crippen LogP) is 2.83. The van der Waals surface area contributed by atoms with Gasteiger partial charge in [0.25, 0.3) is 5.56 Å². The van der Waals surface area contributed by atoms with Crippen LogP contribution in [0.15, 0.2) is 29.1 Å². The highest BCUT2D eigenvalue weighted by atomic mass is 16.5. The highest BCUT2D eigenvalue weighted by Crippen LogP contribution is 2.20. The molecule has 1 N–H and O–H groups in total. The number of ether oxygens (including phenoxy) is 1. The molecule has 0 aliphatic carbocycles. The van der Waals surface area contributed by atoms with Crippen molar-refractivity contribution in [1.29, 1.82) is 0 Å². The van der Waals surface area contributed by atoms with Crippen LogP contribution in [0.25, 0.3) is 10.9 Å². The number of nitrogens with one attached hydrogen (secondary N) is 1. The first-order chi connectivity index (χ1) is 10.1. The van der Waals surface area contributed by atoms with Crippen LogP contribution in [-0.4, -0.2) is 23.8 Å². The minimum atomic E-state index is 0.0709. The lowest BCUT2D eigenvalue weighted by atomic mass is 10.1. The van der Waals surface area contributed by atoms with Gasteiger partial charge >= 0.3 is 0 Å². The molecule has 21 heavy (non-hydrogen) atoms. The predicted molar refractivity (Wildman–Crippen MR) is 86.0 cm³/mol. The molecule has 1 saturated heterocycles. The number of hydrogen-bond donors (Lipinski definition) is 1. The van der Waals surface area contributed by atoms with E-state index in [-0.39, 0.29) is 5.56 Å². The number of anilines is 1. The summed E-state index contributed by atoms with van der Waals surface area (Å²) in [5, 5.41) is 4.54. The molecule has 1 aromatic carbocycles. The fraction of sp³-hybridized carbons (Fsp3) is 0.471. The van der Waals surface area contributed by atoms with Gasteiger partial charge in [-0.1, -0.05) is 0 Å². The van der Waals surface area contributed by atoms with E-state index in [1.165, 1.54) is 12.8 Å². The fourth-order valence-electron chi connectivity index (χ4n) is 3.00. The molecule has 0 radical (unpaired) electrons. The van der Waals surface area contributed by atoms with Crippen LogP contribution in [0, 0.1) is 6.92 Å². The van der Waals surface area contributed by atoms with E-state index >= 15 is 0 Å². The quantitative estimate of drug-likeness (QED) is 0.940. The molecule has 0 saturated carbocycles. The average Bonchev–Trinajstić information content (AvgIpc) is 2.98. The number of rotatable bonds is 4. The Morgan fingerprint density at radius 1 is 1.38 bits per heavy atom. The van der Waals surface area contributed by atoms with E-state index in [2.05, 4.69) is 11.4 Å². The number of hydrogen-bond acceptors (Lipinski definition) is 3. The van der Waals surface area contributed by atoms with E-state index < -0.39 is 0 Å². The second-order valence-corrected chi connectivity index (χ2v) is 5.82. The van der Waals surface area contributed by atoms with Crippen LogP contribution in [0.5, 0.6) is 0 Å². The molecule has 112 valence electrons. The SMILES string of the molecule is Cc1cc2cc(NCCC3CCCO3)ccc2n(C)c1=O. The van der Waals surface area contributed by atoms with Crippen LogP contribution in [0.1, 0.15) is 24.8 Å². The van der Waals surface area contributed by atoms with E-state index in [9.17, 15) is 4.79 Å². The van der Waals surface area contributed by atoms with Gasteiger partial charge in [0.2, 0.25) is 0 Å². The summed E-state index contributed by atoms with van der Waals surface area (Å²) in [5.41, 5.74) is 2.91. The second-order valence-electron chi connectivity index (χ2n) is 5.82. The standard InChI is InChI=1S/C17H22N2O2/c1-12-10-13-11-14(5-6-16(13)19(2)17(12)20)18-8-7-15-4-3-9-21-15/h5-6,10-11,15,18H,3-4,7-9H2,1-2H3. The van der Waals surface area contributed by atoms with Crippen molar-refractivity contribution in [1.82, 2.24) is 4.57 Å². The molecule has 1 aliphatic heterocycles. The summed E-state index contributed by atoms with van der Waals surface area (Å²) >= 11 is 0. The van der Waals surface area contributed by atoms with Crippen molar-refractivity contribution < 1.29 is 4.74 Å². The van der Waals surface area contributed by atoms with Crippen molar-refractivity contribution in [3.05, 3.63) is 40.2 Å². The van der Waals surface area contributed by atoms with Gasteiger partial charge in [0, 0.05) is 36.8 Å². The Hall–Kier alpha value is -1.81. The zero-order chi connectivity index (χ0) is 14.8. The van der Waals surface area contributed by atoms with Gasteiger partial charge in [-0.15, -0.1) is 0 Å². The van der Waals surface area contributed by atoms with Crippen LogP contribution in [0.2, 0.25) is 0 Å². The molecule has 3 rings (SSSR count). The van der Waals surface area contributed by atoms with E-state index in [1.807, 2.05) is 32.2 Å². The number of nitrogens with zero attached hydrogens (tertiary/aromatic N) is 1. The molecule has 0 amide bonds. The Balaban J connectivity index is 1.74. The lowest BCUT2D eigenvalue weighted by molar-refractivity contribution is 0.107. The Morgan fingerprint density at radius 2 is 2.24 bits per heavy atom. The zero-order valence-electron chi connectivity index (χ0n) is 12.7. The lowest BCUT2D eigenvalue weighted by Crippen LogP contribution is -2.19. The van der Waals surface area contributed by atoms with E-state index in [0.29, 0.717) is 6.10 Å². The highest BCUT2D eigenvalue weighted by Gasteiger charge is 2.14. The summed E-state index contributed by atoms with van der Waals surface area (Å²) in [6.45, 7) is 3.69. The Morgan fingerprint density at radius 3 is 3.00 bits per heavy atom. The van der Waals surface area contributed by atoms with Gasteiger partial charge in [-0.3, -0.25) is 4.79 Å². The van der Waals surface area contributed by atoms with Gasteiger partial charge in [-0.25, -0.2) is 0 Å². The molecule has 4 nitrogen and oxygen atoms in total. The maximum Gasteiger partial charge on any atom is 0.253 e. The first-order valence-electron chi connectivity index (χ1n) is 7.61. The van der Waals surface area contributed by atoms with E-state index in [4.69, 9.17) is 4.74 Å². The summed E-state index contributed by atoms with van der Waals surface area (Å²) < 4.78 is 7.34. The normalized spacial score (nSPS) is 18.3. The molecule has 1 atom stereocenters. The molecule has 1 fully saturated rings. The highest BCUT2D eigenvalue weighted by molar-refractivity contribution is 5.83. The van der Waals surface area contributed by atoms with Crippen LogP contribution in [0.4, 0.5) is 5.69 Å². The molecular formula is C17H22N2O2. The van der Waals surface area contributed by atoms with Gasteiger partial charge in [0.15, 0.2) is 0 Å². The first-order valence-corrected chi connectivity index (χ1v) is 7.61. The Labute approximate surface area is 124 Å². The maximum absolute atomic E-state index is 11.9. The third-order valence-electron chi connectivity index (χ3n) is 4.22. The summed E-state index contributed by atoms with van der Waals surface area (Å²) in [6.07, 6.45) is 3.83. The van der Waals surface area contributed by atoms with E-state index in [1.54, 1.807) is 4.57 Å². The minimum absolute atomic E-state index is 0.0709. The average molecular weight is 286 g/mol. The van der Waals surface area contributed by atoms with Gasteiger partial charge in [-0.2, -0.15) is 0 Å². The third-order valence-corrected chi connectivity index (χ3v) is 4.22. The third kappa shape index (κ3) is 2.95. The van der Waals surface area contributed by atoms with Crippen LogP contribution < -0.4 is 10.9 Å². The minimum Gasteiger partial charge on any atom is -0.385 e. The summed E-state index contributed by atoms with van der Waals surface area (Å²) in [7, 11) is 1.82. The Bertz CT molecular complexity index is 700. The van der Waals surface area contributed by atoms with Crippen molar-refractivity contribution in [2.24, 2.45) is 7.05 Å². The molecule has 0 bridgehead atoms. The molecule has 1 unspecified atom stereocenters. The van der Waals surface area contributed by atoms with Crippen molar-refractivity contribution in [3.8, 4) is 0 Å². The van der Waals surface area contributed by atoms with Gasteiger partial charge in [0.1, 0.15) is 0 Å². The molecule has 0 spiro atoms. The molecule has 1 aromatic heterocycles. The smallest absolute Gasteiger partial charge is 0.253 e. The zero-order valence-corrected chi connectivity index (χ0v) is 12.7. The number of fused-ring (bicyclic) bond motifs is 1. The number of aryl methyl sites for hydroxylation is 2. The van der Waals surface area contributed by atoms with Crippen molar-refractivity contribution in [2.45, 2.75) is 32.3 Å². The molecular weight excluding hydrogens is 264 g/mol. The number of benzene rings is 1. The maximum atomic E-state index is 11.9. The molecule has 2 aromatic rings. The largest absolute Gasteiger partial charge is 0.385 e. The monoisotopic (exact) mass is 286 g/mol. The van der Waals surface area contributed by atoms with Gasteiger partial charge in [-0.05, 0) is 50.5 Å². The van der Waals surface area contributed by atoms with Gasteiger partial charge in [0.05, 0.1) is 11.6 Å². The van der Waals surface area contributed by atoms with Crippen LogP contribution in [-0.2, 0) is 11.8 Å². The van der Waals surface area contributed by atoms with Crippen LogP contribution in [0.3, 0.4) is 0 Å².